The molecule has 3 atom stereocenters. The van der Waals surface area contributed by atoms with Gasteiger partial charge in [-0.3, -0.25) is 0 Å². The second-order valence-corrected chi connectivity index (χ2v) is 5.18. The minimum Gasteiger partial charge on any atom is -0.390 e. The van der Waals surface area contributed by atoms with E-state index in [4.69, 9.17) is 5.73 Å². The average Bonchev–Trinajstić information content (AvgIpc) is 2.36. The van der Waals surface area contributed by atoms with E-state index in [0.717, 1.165) is 11.3 Å². The van der Waals surface area contributed by atoms with Crippen molar-refractivity contribution in [3.05, 3.63) is 35.9 Å². The van der Waals surface area contributed by atoms with Crippen LogP contribution in [0.15, 0.2) is 30.3 Å². The second-order valence-electron chi connectivity index (χ2n) is 4.19. The molecular formula is C13H21NO2S. The fourth-order valence-electron chi connectivity index (χ4n) is 1.70. The first-order valence-corrected chi connectivity index (χ1v) is 7.19. The topological polar surface area (TPSA) is 66.5 Å². The van der Waals surface area contributed by atoms with Crippen molar-refractivity contribution < 1.29 is 10.2 Å². The molecule has 1 aromatic carbocycles. The maximum atomic E-state index is 9.89. The first-order valence-electron chi connectivity index (χ1n) is 5.79. The van der Waals surface area contributed by atoms with Crippen LogP contribution in [-0.2, 0) is 6.42 Å². The summed E-state index contributed by atoms with van der Waals surface area (Å²) in [6.45, 7) is 0. The molecule has 0 aliphatic rings. The van der Waals surface area contributed by atoms with Crippen molar-refractivity contribution in [3.8, 4) is 0 Å². The third-order valence-corrected chi connectivity index (χ3v) is 3.41. The maximum Gasteiger partial charge on any atom is 0.0952 e. The summed E-state index contributed by atoms with van der Waals surface area (Å²) in [5, 5.41) is 19.6. The van der Waals surface area contributed by atoms with E-state index < -0.39 is 18.2 Å². The van der Waals surface area contributed by atoms with Gasteiger partial charge in [0.2, 0.25) is 0 Å². The molecule has 4 N–H and O–H groups in total. The SMILES string of the molecule is CSCC[C@@H](O)[C@H](O)[C@@H](N)Cc1ccccc1. The van der Waals surface area contributed by atoms with Crippen LogP contribution in [0.4, 0.5) is 0 Å². The lowest BCUT2D eigenvalue weighted by atomic mass is 9.97. The quantitative estimate of drug-likeness (QED) is 0.681. The summed E-state index contributed by atoms with van der Waals surface area (Å²) >= 11 is 1.65. The molecule has 0 radical (unpaired) electrons. The molecular weight excluding hydrogens is 234 g/mol. The molecule has 1 aromatic rings. The standard InChI is InChI=1S/C13H21NO2S/c1-17-8-7-12(15)13(16)11(14)9-10-5-3-2-4-6-10/h2-6,11-13,15-16H,7-9,14H2,1H3/t11-,12+,13+/m0/s1. The molecule has 3 nitrogen and oxygen atoms in total. The van der Waals surface area contributed by atoms with Crippen molar-refractivity contribution in [2.24, 2.45) is 5.73 Å². The van der Waals surface area contributed by atoms with Crippen molar-refractivity contribution in [2.45, 2.75) is 31.1 Å². The van der Waals surface area contributed by atoms with E-state index >= 15 is 0 Å². The summed E-state index contributed by atoms with van der Waals surface area (Å²) in [6.07, 6.45) is 1.54. The van der Waals surface area contributed by atoms with Crippen LogP contribution in [0.3, 0.4) is 0 Å². The van der Waals surface area contributed by atoms with Crippen LogP contribution >= 0.6 is 11.8 Å². The minimum atomic E-state index is -0.859. The number of hydrogen-bond acceptors (Lipinski definition) is 4. The second kappa shape index (κ2) is 7.71. The van der Waals surface area contributed by atoms with Gasteiger partial charge in [-0.15, -0.1) is 0 Å². The molecule has 0 amide bonds. The fourth-order valence-corrected chi connectivity index (χ4v) is 2.18. The molecule has 0 aromatic heterocycles. The molecule has 96 valence electrons. The van der Waals surface area contributed by atoms with Gasteiger partial charge in [0.15, 0.2) is 0 Å². The summed E-state index contributed by atoms with van der Waals surface area (Å²) in [5.41, 5.74) is 6.98. The van der Waals surface area contributed by atoms with Gasteiger partial charge in [0.25, 0.3) is 0 Å². The number of thioether (sulfide) groups is 1. The zero-order valence-corrected chi connectivity index (χ0v) is 10.9. The van der Waals surface area contributed by atoms with Crippen LogP contribution in [0, 0.1) is 0 Å². The third kappa shape index (κ3) is 5.08. The summed E-state index contributed by atoms with van der Waals surface area (Å²) < 4.78 is 0. The molecule has 0 saturated carbocycles. The maximum absolute atomic E-state index is 9.89. The van der Waals surface area contributed by atoms with E-state index in [2.05, 4.69) is 0 Å². The Labute approximate surface area is 107 Å². The lowest BCUT2D eigenvalue weighted by Gasteiger charge is -2.23. The van der Waals surface area contributed by atoms with Crippen molar-refractivity contribution in [3.63, 3.8) is 0 Å². The predicted molar refractivity (Wildman–Crippen MR) is 73.1 cm³/mol. The number of aliphatic hydroxyl groups excluding tert-OH is 2. The molecule has 4 heteroatoms. The van der Waals surface area contributed by atoms with Gasteiger partial charge < -0.3 is 15.9 Å². The molecule has 17 heavy (non-hydrogen) atoms. The van der Waals surface area contributed by atoms with E-state index in [1.54, 1.807) is 11.8 Å². The van der Waals surface area contributed by atoms with E-state index in [9.17, 15) is 10.2 Å². The first-order chi connectivity index (χ1) is 8.15. The molecule has 0 aliphatic heterocycles. The Morgan fingerprint density at radius 3 is 2.47 bits per heavy atom. The van der Waals surface area contributed by atoms with Crippen LogP contribution in [0.1, 0.15) is 12.0 Å². The first kappa shape index (κ1) is 14.5. The van der Waals surface area contributed by atoms with Crippen molar-refractivity contribution in [2.75, 3.05) is 12.0 Å². The average molecular weight is 255 g/mol. The molecule has 0 unspecified atom stereocenters. The van der Waals surface area contributed by atoms with Gasteiger partial charge in [0.1, 0.15) is 0 Å². The monoisotopic (exact) mass is 255 g/mol. The summed E-state index contributed by atoms with van der Waals surface area (Å²) in [7, 11) is 0. The number of aliphatic hydroxyl groups is 2. The highest BCUT2D eigenvalue weighted by Gasteiger charge is 2.22. The third-order valence-electron chi connectivity index (χ3n) is 2.76. The van der Waals surface area contributed by atoms with Crippen LogP contribution in [-0.4, -0.2) is 40.5 Å². The van der Waals surface area contributed by atoms with Crippen LogP contribution in [0.2, 0.25) is 0 Å². The molecule has 0 aliphatic carbocycles. The highest BCUT2D eigenvalue weighted by atomic mass is 32.2. The summed E-state index contributed by atoms with van der Waals surface area (Å²) in [5.74, 6) is 0.830. The molecule has 1 rings (SSSR count). The van der Waals surface area contributed by atoms with Gasteiger partial charge in [0, 0.05) is 6.04 Å². The Kier molecular flexibility index (Phi) is 6.58. The van der Waals surface area contributed by atoms with Gasteiger partial charge in [-0.2, -0.15) is 11.8 Å². The summed E-state index contributed by atoms with van der Waals surface area (Å²) in [6, 6.07) is 9.35. The fraction of sp³-hybridized carbons (Fsp3) is 0.538. The lowest BCUT2D eigenvalue weighted by molar-refractivity contribution is 0.00316. The van der Waals surface area contributed by atoms with E-state index in [1.807, 2.05) is 36.6 Å². The van der Waals surface area contributed by atoms with Crippen LogP contribution < -0.4 is 5.73 Å². The van der Waals surface area contributed by atoms with E-state index in [0.29, 0.717) is 12.8 Å². The Bertz CT molecular complexity index is 308. The Morgan fingerprint density at radius 2 is 1.88 bits per heavy atom. The van der Waals surface area contributed by atoms with Crippen molar-refractivity contribution in [1.29, 1.82) is 0 Å². The van der Waals surface area contributed by atoms with Crippen molar-refractivity contribution in [1.82, 2.24) is 0 Å². The minimum absolute atomic E-state index is 0.422. The predicted octanol–water partition coefficient (Wildman–Crippen LogP) is 1.03. The number of benzene rings is 1. The molecule has 0 heterocycles. The lowest BCUT2D eigenvalue weighted by Crippen LogP contribution is -2.44. The van der Waals surface area contributed by atoms with Crippen molar-refractivity contribution >= 4 is 11.8 Å². The van der Waals surface area contributed by atoms with Gasteiger partial charge in [-0.1, -0.05) is 30.3 Å². The van der Waals surface area contributed by atoms with Gasteiger partial charge in [-0.25, -0.2) is 0 Å². The van der Waals surface area contributed by atoms with E-state index in [1.165, 1.54) is 0 Å². The Hall–Kier alpha value is -0.550. The molecule has 0 fully saturated rings. The molecule has 0 bridgehead atoms. The Balaban J connectivity index is 2.43. The highest BCUT2D eigenvalue weighted by molar-refractivity contribution is 7.98. The Morgan fingerprint density at radius 1 is 1.24 bits per heavy atom. The largest absolute Gasteiger partial charge is 0.390 e. The summed E-state index contributed by atoms with van der Waals surface area (Å²) in [4.78, 5) is 0. The zero-order valence-electron chi connectivity index (χ0n) is 10.1. The number of nitrogens with two attached hydrogens (primary N) is 1. The zero-order chi connectivity index (χ0) is 12.7. The van der Waals surface area contributed by atoms with Gasteiger partial charge in [0.05, 0.1) is 12.2 Å². The van der Waals surface area contributed by atoms with Crippen LogP contribution in [0.5, 0.6) is 0 Å². The smallest absolute Gasteiger partial charge is 0.0952 e. The normalized spacial score (nSPS) is 16.5. The number of hydrogen-bond donors (Lipinski definition) is 3. The molecule has 0 spiro atoms. The highest BCUT2D eigenvalue weighted by Crippen LogP contribution is 2.10. The molecule has 0 saturated heterocycles. The van der Waals surface area contributed by atoms with Gasteiger partial charge >= 0.3 is 0 Å². The van der Waals surface area contributed by atoms with Crippen LogP contribution in [0.25, 0.3) is 0 Å². The number of rotatable bonds is 7. The van der Waals surface area contributed by atoms with E-state index in [-0.39, 0.29) is 0 Å². The van der Waals surface area contributed by atoms with Gasteiger partial charge in [-0.05, 0) is 30.4 Å².